The van der Waals surface area contributed by atoms with Crippen LogP contribution in [0, 0.1) is 0 Å². The molecule has 0 spiro atoms. The fraction of sp³-hybridized carbons (Fsp3) is 0.333. The van der Waals surface area contributed by atoms with Crippen LogP contribution >= 0.6 is 0 Å². The number of hydrogen-bond donors (Lipinski definition) is 0. The molecule has 0 aromatic heterocycles. The van der Waals surface area contributed by atoms with Gasteiger partial charge in [-0.1, -0.05) is 42.5 Å². The number of ketones is 1. The minimum absolute atomic E-state index is 0.150. The number of carbonyl (C=O) groups excluding carboxylic acids is 2. The fourth-order valence-corrected chi connectivity index (χ4v) is 3.86. The molecule has 5 nitrogen and oxygen atoms in total. The lowest BCUT2D eigenvalue weighted by molar-refractivity contribution is -0.150. The molecule has 134 valence electrons. The molecule has 2 heterocycles. The molecule has 1 amide bonds. The number of Topliss-reactive ketones (excluding diaryl/α,β-unsaturated/α-hetero) is 1. The maximum absolute atomic E-state index is 12.8. The number of likely N-dealkylation sites (tertiary alicyclic amines) is 1. The average molecular weight is 351 g/mol. The van der Waals surface area contributed by atoms with Gasteiger partial charge in [0.2, 0.25) is 0 Å². The van der Waals surface area contributed by atoms with Crippen LogP contribution < -0.4 is 9.47 Å². The number of carbonyl (C=O) groups is 2. The van der Waals surface area contributed by atoms with Crippen molar-refractivity contribution in [1.82, 2.24) is 4.90 Å². The maximum Gasteiger partial charge on any atom is 0.321 e. The number of nitrogens with zero attached hydrogens (tertiary/aromatic N) is 1. The molecule has 0 N–H and O–H groups in total. The van der Waals surface area contributed by atoms with E-state index >= 15 is 0 Å². The minimum atomic E-state index is -0.936. The van der Waals surface area contributed by atoms with Gasteiger partial charge in [-0.2, -0.15) is 0 Å². The monoisotopic (exact) mass is 351 g/mol. The van der Waals surface area contributed by atoms with Crippen LogP contribution in [0.3, 0.4) is 0 Å². The molecule has 1 fully saturated rings. The van der Waals surface area contributed by atoms with Crippen LogP contribution in [0.4, 0.5) is 0 Å². The van der Waals surface area contributed by atoms with Gasteiger partial charge in [0.05, 0.1) is 5.41 Å². The third-order valence-corrected chi connectivity index (χ3v) is 5.45. The summed E-state index contributed by atoms with van der Waals surface area (Å²) in [5, 5.41) is 0. The van der Waals surface area contributed by atoms with Crippen LogP contribution in [0.15, 0.2) is 54.6 Å². The number of hydrogen-bond acceptors (Lipinski definition) is 4. The third kappa shape index (κ3) is 2.73. The van der Waals surface area contributed by atoms with Gasteiger partial charge < -0.3 is 14.4 Å². The van der Waals surface area contributed by atoms with Crippen molar-refractivity contribution in [1.29, 1.82) is 0 Å². The largest absolute Gasteiger partial charge is 0.442 e. The Hall–Kier alpha value is -2.82. The first-order chi connectivity index (χ1) is 12.6. The molecule has 0 atom stereocenters. The lowest BCUT2D eigenvalue weighted by Crippen LogP contribution is -2.52. The molecule has 0 aliphatic carbocycles. The van der Waals surface area contributed by atoms with Gasteiger partial charge in [-0.05, 0) is 37.5 Å². The van der Waals surface area contributed by atoms with E-state index in [4.69, 9.17) is 9.47 Å². The molecule has 0 radical (unpaired) electrons. The molecular weight excluding hydrogens is 330 g/mol. The smallest absolute Gasteiger partial charge is 0.321 e. The number of ether oxygens (including phenoxy) is 2. The zero-order chi connectivity index (χ0) is 18.1. The Morgan fingerprint density at radius 3 is 2.00 bits per heavy atom. The van der Waals surface area contributed by atoms with Crippen LogP contribution in [0.2, 0.25) is 0 Å². The molecule has 0 bridgehead atoms. The van der Waals surface area contributed by atoms with Crippen molar-refractivity contribution in [3.05, 3.63) is 60.2 Å². The summed E-state index contributed by atoms with van der Waals surface area (Å²) >= 11 is 0. The van der Waals surface area contributed by atoms with E-state index < -0.39 is 11.7 Å². The molecule has 0 saturated carbocycles. The summed E-state index contributed by atoms with van der Waals surface area (Å²) < 4.78 is 11.3. The SMILES string of the molecule is CC(=O)C1(c2ccccc2)CCN(C(=O)C2Oc3ccccc3O2)CC1. The predicted molar refractivity (Wildman–Crippen MR) is 96.1 cm³/mol. The Morgan fingerprint density at radius 1 is 0.923 bits per heavy atom. The highest BCUT2D eigenvalue weighted by molar-refractivity contribution is 5.89. The van der Waals surface area contributed by atoms with Crippen molar-refractivity contribution in [3.63, 3.8) is 0 Å². The highest BCUT2D eigenvalue weighted by Gasteiger charge is 2.43. The highest BCUT2D eigenvalue weighted by atomic mass is 16.7. The summed E-state index contributed by atoms with van der Waals surface area (Å²) in [5.41, 5.74) is 0.513. The van der Waals surface area contributed by atoms with Crippen LogP contribution in [0.1, 0.15) is 25.3 Å². The van der Waals surface area contributed by atoms with E-state index in [9.17, 15) is 9.59 Å². The van der Waals surface area contributed by atoms with Gasteiger partial charge in [0.15, 0.2) is 11.5 Å². The normalized spacial score (nSPS) is 18.6. The first-order valence-electron chi connectivity index (χ1n) is 8.88. The van der Waals surface area contributed by atoms with E-state index in [2.05, 4.69) is 0 Å². The van der Waals surface area contributed by atoms with Crippen LogP contribution in [-0.2, 0) is 15.0 Å². The first kappa shape index (κ1) is 16.6. The molecule has 2 aliphatic rings. The van der Waals surface area contributed by atoms with Crippen molar-refractivity contribution < 1.29 is 19.1 Å². The third-order valence-electron chi connectivity index (χ3n) is 5.45. The van der Waals surface area contributed by atoms with E-state index in [1.807, 2.05) is 42.5 Å². The number of amides is 1. The van der Waals surface area contributed by atoms with E-state index in [0.29, 0.717) is 37.4 Å². The van der Waals surface area contributed by atoms with Gasteiger partial charge in [-0.15, -0.1) is 0 Å². The standard InChI is InChI=1S/C21H21NO4/c1-15(23)21(16-7-3-2-4-8-16)11-13-22(14-12-21)19(24)20-25-17-9-5-6-10-18(17)26-20/h2-10,20H,11-14H2,1H3. The zero-order valence-corrected chi connectivity index (χ0v) is 14.7. The van der Waals surface area contributed by atoms with Crippen LogP contribution in [0.5, 0.6) is 11.5 Å². The van der Waals surface area contributed by atoms with Crippen molar-refractivity contribution >= 4 is 11.7 Å². The molecule has 2 aromatic carbocycles. The van der Waals surface area contributed by atoms with Gasteiger partial charge in [0, 0.05) is 13.1 Å². The highest BCUT2D eigenvalue weighted by Crippen LogP contribution is 2.38. The first-order valence-corrected chi connectivity index (χ1v) is 8.88. The van der Waals surface area contributed by atoms with Crippen molar-refractivity contribution in [2.75, 3.05) is 13.1 Å². The molecule has 1 saturated heterocycles. The topological polar surface area (TPSA) is 55.8 Å². The summed E-state index contributed by atoms with van der Waals surface area (Å²) in [4.78, 5) is 27.0. The van der Waals surface area contributed by atoms with E-state index in [1.165, 1.54) is 0 Å². The van der Waals surface area contributed by atoms with Gasteiger partial charge in [-0.25, -0.2) is 0 Å². The Labute approximate surface area is 152 Å². The fourth-order valence-electron chi connectivity index (χ4n) is 3.86. The lowest BCUT2D eigenvalue weighted by Gasteiger charge is -2.40. The quantitative estimate of drug-likeness (QED) is 0.853. The van der Waals surface area contributed by atoms with Gasteiger partial charge in [0.1, 0.15) is 5.78 Å². The summed E-state index contributed by atoms with van der Waals surface area (Å²) in [7, 11) is 0. The summed E-state index contributed by atoms with van der Waals surface area (Å²) in [6.07, 6.45) is 0.282. The second-order valence-electron chi connectivity index (χ2n) is 6.84. The number of para-hydroxylation sites is 2. The molecule has 2 aliphatic heterocycles. The van der Waals surface area contributed by atoms with E-state index in [-0.39, 0.29) is 11.7 Å². The summed E-state index contributed by atoms with van der Waals surface area (Å²) in [5.74, 6) is 1.14. The summed E-state index contributed by atoms with van der Waals surface area (Å²) in [6, 6.07) is 17.1. The number of fused-ring (bicyclic) bond motifs is 1. The Morgan fingerprint density at radius 2 is 1.46 bits per heavy atom. The van der Waals surface area contributed by atoms with Gasteiger partial charge in [-0.3, -0.25) is 9.59 Å². The van der Waals surface area contributed by atoms with E-state index in [0.717, 1.165) is 5.56 Å². The van der Waals surface area contributed by atoms with Crippen molar-refractivity contribution in [2.45, 2.75) is 31.5 Å². The molecule has 2 aromatic rings. The second kappa shape index (κ2) is 6.48. The minimum Gasteiger partial charge on any atom is -0.442 e. The van der Waals surface area contributed by atoms with Crippen LogP contribution in [0.25, 0.3) is 0 Å². The molecule has 0 unspecified atom stereocenters. The molecule has 5 heteroatoms. The number of benzene rings is 2. The second-order valence-corrected chi connectivity index (χ2v) is 6.84. The van der Waals surface area contributed by atoms with E-state index in [1.54, 1.807) is 24.0 Å². The van der Waals surface area contributed by atoms with Crippen LogP contribution in [-0.4, -0.2) is 36.0 Å². The van der Waals surface area contributed by atoms with Gasteiger partial charge >= 0.3 is 12.2 Å². The number of piperidine rings is 1. The maximum atomic E-state index is 12.8. The predicted octanol–water partition coefficient (Wildman–Crippen LogP) is 2.93. The molecular formula is C21H21NO4. The Bertz CT molecular complexity index is 800. The Kier molecular flexibility index (Phi) is 4.15. The van der Waals surface area contributed by atoms with Crippen molar-refractivity contribution in [3.8, 4) is 11.5 Å². The van der Waals surface area contributed by atoms with Gasteiger partial charge in [0.25, 0.3) is 0 Å². The molecule has 4 rings (SSSR count). The molecule has 26 heavy (non-hydrogen) atoms. The lowest BCUT2D eigenvalue weighted by atomic mass is 9.70. The van der Waals surface area contributed by atoms with Crippen molar-refractivity contribution in [2.24, 2.45) is 0 Å². The average Bonchev–Trinajstić information content (AvgIpc) is 3.12. The zero-order valence-electron chi connectivity index (χ0n) is 14.7. The number of rotatable bonds is 3. The summed E-state index contributed by atoms with van der Waals surface area (Å²) in [6.45, 7) is 2.66. The Balaban J connectivity index is 1.46.